The van der Waals surface area contributed by atoms with Crippen LogP contribution in [0.25, 0.3) is 0 Å². The highest BCUT2D eigenvalue weighted by molar-refractivity contribution is 4.92. The van der Waals surface area contributed by atoms with Crippen molar-refractivity contribution in [2.75, 3.05) is 7.05 Å². The molecule has 1 atom stereocenters. The zero-order chi connectivity index (χ0) is 7.78. The van der Waals surface area contributed by atoms with E-state index in [-0.39, 0.29) is 5.92 Å². The SMILES string of the molecule is CNC(C1CC1)C(C)(F)F. The molecule has 1 rings (SSSR count). The maximum Gasteiger partial charge on any atom is 0.260 e. The van der Waals surface area contributed by atoms with Gasteiger partial charge in [0.2, 0.25) is 0 Å². The van der Waals surface area contributed by atoms with Gasteiger partial charge in [0.1, 0.15) is 0 Å². The molecule has 0 saturated heterocycles. The third-order valence-corrected chi connectivity index (χ3v) is 1.95. The van der Waals surface area contributed by atoms with E-state index in [0.717, 1.165) is 19.8 Å². The standard InChI is InChI=1S/C7H13F2N/c1-7(8,9)6(10-2)5-3-4-5/h5-6,10H,3-4H2,1-2H3. The van der Waals surface area contributed by atoms with Crippen molar-refractivity contribution in [3.8, 4) is 0 Å². The minimum Gasteiger partial charge on any atom is -0.311 e. The Morgan fingerprint density at radius 2 is 2.00 bits per heavy atom. The summed E-state index contributed by atoms with van der Waals surface area (Å²) in [5.74, 6) is -2.35. The van der Waals surface area contributed by atoms with Gasteiger partial charge in [-0.1, -0.05) is 0 Å². The van der Waals surface area contributed by atoms with E-state index in [1.807, 2.05) is 0 Å². The lowest BCUT2D eigenvalue weighted by atomic mass is 10.1. The van der Waals surface area contributed by atoms with Crippen molar-refractivity contribution in [1.29, 1.82) is 0 Å². The number of halogens is 2. The minimum absolute atomic E-state index is 0.213. The van der Waals surface area contributed by atoms with Crippen LogP contribution >= 0.6 is 0 Å². The van der Waals surface area contributed by atoms with Gasteiger partial charge in [0.25, 0.3) is 5.92 Å². The summed E-state index contributed by atoms with van der Waals surface area (Å²) in [6.07, 6.45) is 1.91. The van der Waals surface area contributed by atoms with Crippen molar-refractivity contribution in [1.82, 2.24) is 5.32 Å². The summed E-state index contributed by atoms with van der Waals surface area (Å²) >= 11 is 0. The molecule has 0 bridgehead atoms. The highest BCUT2D eigenvalue weighted by Gasteiger charge is 2.43. The van der Waals surface area contributed by atoms with Crippen LogP contribution in [0.3, 0.4) is 0 Å². The molecule has 1 unspecified atom stereocenters. The Hall–Kier alpha value is -0.180. The Morgan fingerprint density at radius 3 is 2.10 bits per heavy atom. The summed E-state index contributed by atoms with van der Waals surface area (Å²) in [7, 11) is 1.60. The average Bonchev–Trinajstić information content (AvgIpc) is 2.46. The van der Waals surface area contributed by atoms with E-state index in [0.29, 0.717) is 0 Å². The van der Waals surface area contributed by atoms with Crippen molar-refractivity contribution in [2.45, 2.75) is 31.7 Å². The monoisotopic (exact) mass is 149 g/mol. The quantitative estimate of drug-likeness (QED) is 0.643. The Kier molecular flexibility index (Phi) is 1.95. The van der Waals surface area contributed by atoms with E-state index < -0.39 is 12.0 Å². The van der Waals surface area contributed by atoms with Crippen molar-refractivity contribution in [3.63, 3.8) is 0 Å². The van der Waals surface area contributed by atoms with E-state index in [4.69, 9.17) is 0 Å². The fraction of sp³-hybridized carbons (Fsp3) is 1.00. The van der Waals surface area contributed by atoms with Gasteiger partial charge in [0.05, 0.1) is 6.04 Å². The van der Waals surface area contributed by atoms with Gasteiger partial charge in [0.15, 0.2) is 0 Å². The molecule has 0 aromatic carbocycles. The Morgan fingerprint density at radius 1 is 1.50 bits per heavy atom. The summed E-state index contributed by atoms with van der Waals surface area (Å²) in [5.41, 5.74) is 0. The summed E-state index contributed by atoms with van der Waals surface area (Å²) in [5, 5.41) is 2.65. The molecule has 0 aliphatic heterocycles. The van der Waals surface area contributed by atoms with E-state index in [9.17, 15) is 8.78 Å². The van der Waals surface area contributed by atoms with Crippen LogP contribution in [0.4, 0.5) is 8.78 Å². The van der Waals surface area contributed by atoms with Crippen molar-refractivity contribution < 1.29 is 8.78 Å². The van der Waals surface area contributed by atoms with E-state index in [1.165, 1.54) is 0 Å². The van der Waals surface area contributed by atoms with Crippen molar-refractivity contribution in [2.24, 2.45) is 5.92 Å². The second-order valence-corrected chi connectivity index (χ2v) is 3.06. The van der Waals surface area contributed by atoms with Gasteiger partial charge in [-0.15, -0.1) is 0 Å². The molecule has 0 aromatic rings. The first-order chi connectivity index (χ1) is 4.55. The molecule has 60 valence electrons. The second kappa shape index (κ2) is 2.46. The highest BCUT2D eigenvalue weighted by Crippen LogP contribution is 2.38. The van der Waals surface area contributed by atoms with Crippen molar-refractivity contribution >= 4 is 0 Å². The van der Waals surface area contributed by atoms with Crippen LogP contribution < -0.4 is 5.32 Å². The molecule has 10 heavy (non-hydrogen) atoms. The fourth-order valence-corrected chi connectivity index (χ4v) is 1.33. The zero-order valence-electron chi connectivity index (χ0n) is 6.32. The Bertz CT molecular complexity index is 115. The zero-order valence-corrected chi connectivity index (χ0v) is 6.32. The predicted molar refractivity (Wildman–Crippen MR) is 36.2 cm³/mol. The van der Waals surface area contributed by atoms with Gasteiger partial charge in [-0.25, -0.2) is 8.78 Å². The van der Waals surface area contributed by atoms with E-state index >= 15 is 0 Å². The molecule has 0 spiro atoms. The van der Waals surface area contributed by atoms with Gasteiger partial charge < -0.3 is 5.32 Å². The molecule has 0 aromatic heterocycles. The number of alkyl halides is 2. The van der Waals surface area contributed by atoms with E-state index in [1.54, 1.807) is 7.05 Å². The maximum atomic E-state index is 12.6. The molecule has 0 amide bonds. The van der Waals surface area contributed by atoms with Gasteiger partial charge in [-0.05, 0) is 25.8 Å². The van der Waals surface area contributed by atoms with Crippen LogP contribution in [0.15, 0.2) is 0 Å². The van der Waals surface area contributed by atoms with Gasteiger partial charge in [-0.3, -0.25) is 0 Å². The molecule has 1 saturated carbocycles. The molecule has 1 aliphatic carbocycles. The van der Waals surface area contributed by atoms with Gasteiger partial charge in [0, 0.05) is 6.92 Å². The van der Waals surface area contributed by atoms with Gasteiger partial charge in [-0.2, -0.15) is 0 Å². The Balaban J connectivity index is 2.46. The largest absolute Gasteiger partial charge is 0.311 e. The van der Waals surface area contributed by atoms with Crippen LogP contribution in [0, 0.1) is 5.92 Å². The number of rotatable bonds is 3. The molecular weight excluding hydrogens is 136 g/mol. The van der Waals surface area contributed by atoms with E-state index in [2.05, 4.69) is 5.32 Å². The molecule has 1 nitrogen and oxygen atoms in total. The highest BCUT2D eigenvalue weighted by atomic mass is 19.3. The lowest BCUT2D eigenvalue weighted by Crippen LogP contribution is -2.42. The predicted octanol–water partition coefficient (Wildman–Crippen LogP) is 1.64. The average molecular weight is 149 g/mol. The number of nitrogens with one attached hydrogen (secondary N) is 1. The topological polar surface area (TPSA) is 12.0 Å². The van der Waals surface area contributed by atoms with Crippen LogP contribution in [-0.2, 0) is 0 Å². The summed E-state index contributed by atoms with van der Waals surface area (Å²) in [6, 6.07) is -0.604. The fourth-order valence-electron chi connectivity index (χ4n) is 1.33. The molecular formula is C7H13F2N. The third kappa shape index (κ3) is 1.66. The Labute approximate surface area is 59.8 Å². The third-order valence-electron chi connectivity index (χ3n) is 1.95. The first-order valence-electron chi connectivity index (χ1n) is 3.61. The summed E-state index contributed by atoms with van der Waals surface area (Å²) in [6.45, 7) is 0.979. The van der Waals surface area contributed by atoms with Crippen LogP contribution in [0.5, 0.6) is 0 Å². The lowest BCUT2D eigenvalue weighted by molar-refractivity contribution is -0.0231. The van der Waals surface area contributed by atoms with Crippen LogP contribution in [-0.4, -0.2) is 19.0 Å². The first-order valence-corrected chi connectivity index (χ1v) is 3.61. The summed E-state index contributed by atoms with van der Waals surface area (Å²) < 4.78 is 25.2. The maximum absolute atomic E-state index is 12.6. The van der Waals surface area contributed by atoms with Gasteiger partial charge >= 0.3 is 0 Å². The molecule has 3 heteroatoms. The second-order valence-electron chi connectivity index (χ2n) is 3.06. The smallest absolute Gasteiger partial charge is 0.260 e. The molecule has 1 N–H and O–H groups in total. The molecule has 0 heterocycles. The molecule has 1 fully saturated rings. The summed E-state index contributed by atoms with van der Waals surface area (Å²) in [4.78, 5) is 0. The van der Waals surface area contributed by atoms with Crippen LogP contribution in [0.1, 0.15) is 19.8 Å². The van der Waals surface area contributed by atoms with Crippen molar-refractivity contribution in [3.05, 3.63) is 0 Å². The van der Waals surface area contributed by atoms with Crippen LogP contribution in [0.2, 0.25) is 0 Å². The first kappa shape index (κ1) is 7.92. The lowest BCUT2D eigenvalue weighted by Gasteiger charge is -2.22. The minimum atomic E-state index is -2.56. The number of hydrogen-bond acceptors (Lipinski definition) is 1. The molecule has 1 aliphatic rings. The normalized spacial score (nSPS) is 22.8. The number of hydrogen-bond donors (Lipinski definition) is 1. The molecule has 0 radical (unpaired) electrons.